The Morgan fingerprint density at radius 1 is 1.29 bits per heavy atom. The van der Waals surface area contributed by atoms with Crippen molar-refractivity contribution in [1.82, 2.24) is 10.2 Å². The molecule has 0 aromatic heterocycles. The molecule has 2 fully saturated rings. The lowest BCUT2D eigenvalue weighted by molar-refractivity contribution is -0.00948. The van der Waals surface area contributed by atoms with E-state index in [0.717, 1.165) is 51.4 Å². The maximum atomic E-state index is 5.62. The van der Waals surface area contributed by atoms with Crippen LogP contribution in [0.25, 0.3) is 0 Å². The lowest BCUT2D eigenvalue weighted by Crippen LogP contribution is -2.49. The van der Waals surface area contributed by atoms with Crippen molar-refractivity contribution in [3.63, 3.8) is 0 Å². The molecule has 1 aliphatic heterocycles. The average molecular weight is 298 g/mol. The van der Waals surface area contributed by atoms with Gasteiger partial charge in [0.05, 0.1) is 6.61 Å². The highest BCUT2D eigenvalue weighted by atomic mass is 16.5. The molecule has 4 heteroatoms. The zero-order chi connectivity index (χ0) is 15.1. The highest BCUT2D eigenvalue weighted by molar-refractivity contribution is 4.92. The minimum absolute atomic E-state index is 0.392. The quantitative estimate of drug-likeness (QED) is 0.670. The van der Waals surface area contributed by atoms with Gasteiger partial charge in [-0.15, -0.1) is 0 Å². The van der Waals surface area contributed by atoms with Crippen molar-refractivity contribution in [2.24, 2.45) is 11.3 Å². The van der Waals surface area contributed by atoms with E-state index in [1.165, 1.54) is 32.2 Å². The first-order valence-electron chi connectivity index (χ1n) is 8.67. The Hall–Kier alpha value is -0.160. The number of nitrogens with zero attached hydrogens (tertiary/aromatic N) is 1. The van der Waals surface area contributed by atoms with Crippen LogP contribution in [0.3, 0.4) is 0 Å². The normalized spacial score (nSPS) is 22.1. The topological polar surface area (TPSA) is 33.7 Å². The second-order valence-corrected chi connectivity index (χ2v) is 7.33. The molecule has 1 aliphatic carbocycles. The lowest BCUT2D eigenvalue weighted by Gasteiger charge is -2.41. The van der Waals surface area contributed by atoms with E-state index in [1.54, 1.807) is 7.11 Å². The van der Waals surface area contributed by atoms with Crippen LogP contribution in [0.1, 0.15) is 39.5 Å². The Bertz CT molecular complexity index is 287. The Balaban J connectivity index is 1.89. The second-order valence-electron chi connectivity index (χ2n) is 7.33. The van der Waals surface area contributed by atoms with Gasteiger partial charge in [-0.05, 0) is 43.6 Å². The van der Waals surface area contributed by atoms with E-state index < -0.39 is 0 Å². The molecule has 0 aromatic rings. The molecular weight excluding hydrogens is 264 g/mol. The summed E-state index contributed by atoms with van der Waals surface area (Å²) in [5.74, 6) is 0.718. The van der Waals surface area contributed by atoms with E-state index >= 15 is 0 Å². The fourth-order valence-electron chi connectivity index (χ4n) is 3.29. The van der Waals surface area contributed by atoms with E-state index in [4.69, 9.17) is 9.47 Å². The molecule has 1 N–H and O–H groups in total. The Labute approximate surface area is 130 Å². The van der Waals surface area contributed by atoms with Gasteiger partial charge in [-0.25, -0.2) is 0 Å². The Morgan fingerprint density at radius 2 is 2.00 bits per heavy atom. The van der Waals surface area contributed by atoms with Crippen molar-refractivity contribution >= 4 is 0 Å². The van der Waals surface area contributed by atoms with Crippen LogP contribution in [-0.2, 0) is 9.47 Å². The van der Waals surface area contributed by atoms with Gasteiger partial charge in [0.15, 0.2) is 0 Å². The number of rotatable bonds is 10. The molecule has 0 amide bonds. The summed E-state index contributed by atoms with van der Waals surface area (Å²) in [6.07, 6.45) is 5.12. The van der Waals surface area contributed by atoms with Gasteiger partial charge < -0.3 is 14.8 Å². The number of hydrogen-bond donors (Lipinski definition) is 1. The standard InChI is InChI=1S/C17H34N2O2/c1-15(2)12-18-13-17(6-9-21-10-7-17)14-19(8-11-20-3)16-4-5-16/h15-16,18H,4-14H2,1-3H3. The van der Waals surface area contributed by atoms with Crippen LogP contribution in [0, 0.1) is 11.3 Å². The summed E-state index contributed by atoms with van der Waals surface area (Å²) in [5.41, 5.74) is 0.392. The summed E-state index contributed by atoms with van der Waals surface area (Å²) >= 11 is 0. The van der Waals surface area contributed by atoms with Crippen molar-refractivity contribution < 1.29 is 9.47 Å². The highest BCUT2D eigenvalue weighted by Gasteiger charge is 2.38. The second kappa shape index (κ2) is 8.47. The van der Waals surface area contributed by atoms with Gasteiger partial charge >= 0.3 is 0 Å². The first-order valence-corrected chi connectivity index (χ1v) is 8.67. The van der Waals surface area contributed by atoms with Crippen LogP contribution in [0.4, 0.5) is 0 Å². The van der Waals surface area contributed by atoms with E-state index in [1.807, 2.05) is 0 Å². The van der Waals surface area contributed by atoms with Gasteiger partial charge in [0.1, 0.15) is 0 Å². The van der Waals surface area contributed by atoms with Gasteiger partial charge in [-0.3, -0.25) is 4.90 Å². The molecule has 1 saturated heterocycles. The number of nitrogens with one attached hydrogen (secondary N) is 1. The van der Waals surface area contributed by atoms with E-state index in [9.17, 15) is 0 Å². The summed E-state index contributed by atoms with van der Waals surface area (Å²) in [4.78, 5) is 2.67. The Kier molecular flexibility index (Phi) is 6.93. The minimum Gasteiger partial charge on any atom is -0.383 e. The smallest absolute Gasteiger partial charge is 0.0589 e. The van der Waals surface area contributed by atoms with Crippen LogP contribution in [0.5, 0.6) is 0 Å². The molecule has 21 heavy (non-hydrogen) atoms. The molecule has 1 saturated carbocycles. The SMILES string of the molecule is COCCN(CC1(CNCC(C)C)CCOCC1)C1CC1. The van der Waals surface area contributed by atoms with Gasteiger partial charge in [0.25, 0.3) is 0 Å². The zero-order valence-corrected chi connectivity index (χ0v) is 14.2. The highest BCUT2D eigenvalue weighted by Crippen LogP contribution is 2.35. The molecule has 1 heterocycles. The van der Waals surface area contributed by atoms with Crippen LogP contribution in [0.15, 0.2) is 0 Å². The molecule has 0 aromatic carbocycles. The Morgan fingerprint density at radius 3 is 2.57 bits per heavy atom. The molecule has 0 bridgehead atoms. The van der Waals surface area contributed by atoms with Gasteiger partial charge in [0.2, 0.25) is 0 Å². The largest absolute Gasteiger partial charge is 0.383 e. The molecule has 0 radical (unpaired) electrons. The third-order valence-corrected chi connectivity index (χ3v) is 4.79. The molecular formula is C17H34N2O2. The number of methoxy groups -OCH3 is 1. The molecule has 124 valence electrons. The van der Waals surface area contributed by atoms with Gasteiger partial charge in [-0.1, -0.05) is 13.8 Å². The average Bonchev–Trinajstić information content (AvgIpc) is 3.29. The number of ether oxygens (including phenoxy) is 2. The number of hydrogen-bond acceptors (Lipinski definition) is 4. The zero-order valence-electron chi connectivity index (χ0n) is 14.2. The van der Waals surface area contributed by atoms with Crippen molar-refractivity contribution in [2.45, 2.75) is 45.6 Å². The van der Waals surface area contributed by atoms with Crippen molar-refractivity contribution in [3.05, 3.63) is 0 Å². The van der Waals surface area contributed by atoms with Gasteiger partial charge in [0, 0.05) is 46.0 Å². The molecule has 0 atom stereocenters. The van der Waals surface area contributed by atoms with Gasteiger partial charge in [-0.2, -0.15) is 0 Å². The summed E-state index contributed by atoms with van der Waals surface area (Å²) in [7, 11) is 1.81. The molecule has 2 aliphatic rings. The lowest BCUT2D eigenvalue weighted by atomic mass is 9.79. The van der Waals surface area contributed by atoms with Crippen molar-refractivity contribution in [2.75, 3.05) is 53.1 Å². The van der Waals surface area contributed by atoms with E-state index in [2.05, 4.69) is 24.1 Å². The third-order valence-electron chi connectivity index (χ3n) is 4.79. The van der Waals surface area contributed by atoms with Crippen LogP contribution in [-0.4, -0.2) is 64.1 Å². The summed E-state index contributed by atoms with van der Waals surface area (Å²) in [6, 6.07) is 0.810. The minimum atomic E-state index is 0.392. The predicted molar refractivity (Wildman–Crippen MR) is 86.7 cm³/mol. The summed E-state index contributed by atoms with van der Waals surface area (Å²) < 4.78 is 10.9. The maximum absolute atomic E-state index is 5.62. The van der Waals surface area contributed by atoms with Crippen LogP contribution >= 0.6 is 0 Å². The summed E-state index contributed by atoms with van der Waals surface area (Å²) in [5, 5.41) is 3.70. The van der Waals surface area contributed by atoms with E-state index in [-0.39, 0.29) is 0 Å². The van der Waals surface area contributed by atoms with Crippen LogP contribution in [0.2, 0.25) is 0 Å². The first kappa shape index (κ1) is 17.2. The first-order chi connectivity index (χ1) is 10.2. The molecule has 2 rings (SSSR count). The monoisotopic (exact) mass is 298 g/mol. The predicted octanol–water partition coefficient (Wildman–Crippen LogP) is 2.14. The molecule has 0 unspecified atom stereocenters. The summed E-state index contributed by atoms with van der Waals surface area (Å²) in [6.45, 7) is 11.8. The molecule has 4 nitrogen and oxygen atoms in total. The fourth-order valence-corrected chi connectivity index (χ4v) is 3.29. The van der Waals surface area contributed by atoms with E-state index in [0.29, 0.717) is 5.41 Å². The van der Waals surface area contributed by atoms with Crippen molar-refractivity contribution in [1.29, 1.82) is 0 Å². The maximum Gasteiger partial charge on any atom is 0.0589 e. The van der Waals surface area contributed by atoms with Crippen LogP contribution < -0.4 is 5.32 Å². The molecule has 0 spiro atoms. The fraction of sp³-hybridized carbons (Fsp3) is 1.00. The third kappa shape index (κ3) is 5.85. The van der Waals surface area contributed by atoms with Crippen molar-refractivity contribution in [3.8, 4) is 0 Å².